The van der Waals surface area contributed by atoms with E-state index in [0.29, 0.717) is 18.3 Å². The Morgan fingerprint density at radius 1 is 1.39 bits per heavy atom. The zero-order valence-corrected chi connectivity index (χ0v) is 14.3. The molecule has 1 aliphatic heterocycles. The Bertz CT molecular complexity index is 542. The lowest BCUT2D eigenvalue weighted by Crippen LogP contribution is -2.32. The maximum atomic E-state index is 12.0. The summed E-state index contributed by atoms with van der Waals surface area (Å²) in [6.07, 6.45) is 4.45. The first kappa shape index (κ1) is 16.2. The van der Waals surface area contributed by atoms with E-state index in [1.807, 2.05) is 12.1 Å². The molecule has 4 heteroatoms. The zero-order chi connectivity index (χ0) is 16.2. The normalized spacial score (nSPS) is 22.0. The maximum Gasteiger partial charge on any atom is 0.220 e. The minimum absolute atomic E-state index is 0.226. The van der Waals surface area contributed by atoms with Crippen molar-refractivity contribution in [1.82, 2.24) is 5.32 Å². The van der Waals surface area contributed by atoms with Crippen molar-refractivity contribution in [2.45, 2.75) is 32.6 Å². The zero-order valence-electron chi connectivity index (χ0n) is 14.3. The number of hydrogen-bond donors (Lipinski definition) is 1. The van der Waals surface area contributed by atoms with Gasteiger partial charge in [-0.15, -0.1) is 0 Å². The number of carbonyl (C=O) groups excluding carboxylic acids is 1. The summed E-state index contributed by atoms with van der Waals surface area (Å²) in [5.74, 6) is 3.02. The molecule has 0 radical (unpaired) electrons. The van der Waals surface area contributed by atoms with Gasteiger partial charge in [0.2, 0.25) is 5.91 Å². The van der Waals surface area contributed by atoms with Crippen LogP contribution in [0.15, 0.2) is 24.3 Å². The largest absolute Gasteiger partial charge is 0.497 e. The molecule has 23 heavy (non-hydrogen) atoms. The fourth-order valence-corrected chi connectivity index (χ4v) is 3.50. The third kappa shape index (κ3) is 4.40. The van der Waals surface area contributed by atoms with Gasteiger partial charge in [-0.05, 0) is 49.1 Å². The fraction of sp³-hybridized carbons (Fsp3) is 0.632. The monoisotopic (exact) mass is 316 g/mol. The molecule has 0 spiro atoms. The molecule has 126 valence electrons. The van der Waals surface area contributed by atoms with E-state index in [9.17, 15) is 4.79 Å². The smallest absolute Gasteiger partial charge is 0.220 e. The molecule has 3 rings (SSSR count). The maximum absolute atomic E-state index is 12.0. The van der Waals surface area contributed by atoms with Gasteiger partial charge in [0.15, 0.2) is 0 Å². The summed E-state index contributed by atoms with van der Waals surface area (Å²) in [6, 6.07) is 8.21. The van der Waals surface area contributed by atoms with Gasteiger partial charge in [-0.2, -0.15) is 0 Å². The first-order valence-corrected chi connectivity index (χ1v) is 8.81. The van der Waals surface area contributed by atoms with Gasteiger partial charge in [-0.1, -0.05) is 13.0 Å². The predicted molar refractivity (Wildman–Crippen MR) is 92.8 cm³/mol. The van der Waals surface area contributed by atoms with Crippen LogP contribution in [-0.2, 0) is 4.79 Å². The molecule has 1 N–H and O–H groups in total. The molecule has 1 saturated heterocycles. The lowest BCUT2D eigenvalue weighted by atomic mass is 10.0. The minimum Gasteiger partial charge on any atom is -0.497 e. The predicted octanol–water partition coefficient (Wildman–Crippen LogP) is 3.07. The van der Waals surface area contributed by atoms with E-state index in [-0.39, 0.29) is 5.91 Å². The molecule has 1 aromatic carbocycles. The van der Waals surface area contributed by atoms with Crippen LogP contribution < -0.4 is 15.0 Å². The van der Waals surface area contributed by atoms with Gasteiger partial charge in [0.1, 0.15) is 5.75 Å². The second-order valence-corrected chi connectivity index (χ2v) is 7.13. The standard InChI is InChI=1S/C19H28N2O2/c1-14(16-6-7-16)10-19(22)20-12-15-8-9-21(13-15)17-4-3-5-18(11-17)23-2/h3-5,11,14-16H,6-10,12-13H2,1-2H3,(H,20,22)/t14-,15-/m0/s1. The molecule has 0 bridgehead atoms. The third-order valence-corrected chi connectivity index (χ3v) is 5.23. The lowest BCUT2D eigenvalue weighted by molar-refractivity contribution is -0.122. The van der Waals surface area contributed by atoms with E-state index in [1.165, 1.54) is 18.5 Å². The molecule has 2 fully saturated rings. The summed E-state index contributed by atoms with van der Waals surface area (Å²) in [7, 11) is 1.70. The number of carbonyl (C=O) groups is 1. The summed E-state index contributed by atoms with van der Waals surface area (Å²) in [4.78, 5) is 14.4. The van der Waals surface area contributed by atoms with Gasteiger partial charge in [-0.25, -0.2) is 0 Å². The van der Waals surface area contributed by atoms with Crippen molar-refractivity contribution in [2.24, 2.45) is 17.8 Å². The molecule has 1 aliphatic carbocycles. The molecule has 1 aromatic rings. The van der Waals surface area contributed by atoms with Crippen LogP contribution in [0, 0.1) is 17.8 Å². The second-order valence-electron chi connectivity index (χ2n) is 7.13. The van der Waals surface area contributed by atoms with Gasteiger partial charge >= 0.3 is 0 Å². The first-order chi connectivity index (χ1) is 11.2. The number of amides is 1. The van der Waals surface area contributed by atoms with Gasteiger partial charge in [0.25, 0.3) is 0 Å². The van der Waals surface area contributed by atoms with E-state index in [1.54, 1.807) is 7.11 Å². The van der Waals surface area contributed by atoms with Crippen LogP contribution in [0.2, 0.25) is 0 Å². The number of benzene rings is 1. The van der Waals surface area contributed by atoms with Gasteiger partial charge in [0.05, 0.1) is 7.11 Å². The van der Waals surface area contributed by atoms with Crippen molar-refractivity contribution in [3.63, 3.8) is 0 Å². The summed E-state index contributed by atoms with van der Waals surface area (Å²) < 4.78 is 5.30. The van der Waals surface area contributed by atoms with Crippen molar-refractivity contribution in [2.75, 3.05) is 31.6 Å². The van der Waals surface area contributed by atoms with Crippen LogP contribution in [0.3, 0.4) is 0 Å². The fourth-order valence-electron chi connectivity index (χ4n) is 3.50. The third-order valence-electron chi connectivity index (χ3n) is 5.23. The Morgan fingerprint density at radius 3 is 2.96 bits per heavy atom. The molecule has 0 unspecified atom stereocenters. The van der Waals surface area contributed by atoms with Crippen LogP contribution in [0.4, 0.5) is 5.69 Å². The highest BCUT2D eigenvalue weighted by molar-refractivity contribution is 5.76. The summed E-state index contributed by atoms with van der Waals surface area (Å²) >= 11 is 0. The molecular formula is C19H28N2O2. The highest BCUT2D eigenvalue weighted by Crippen LogP contribution is 2.38. The average Bonchev–Trinajstić information content (AvgIpc) is 3.31. The minimum atomic E-state index is 0.226. The number of hydrogen-bond acceptors (Lipinski definition) is 3. The van der Waals surface area contributed by atoms with Crippen LogP contribution in [0.25, 0.3) is 0 Å². The molecule has 2 atom stereocenters. The van der Waals surface area contributed by atoms with E-state index in [0.717, 1.165) is 37.7 Å². The second kappa shape index (κ2) is 7.24. The van der Waals surface area contributed by atoms with E-state index >= 15 is 0 Å². The summed E-state index contributed by atoms with van der Waals surface area (Å²) in [5.41, 5.74) is 1.21. The molecule has 2 aliphatic rings. The molecule has 0 aromatic heterocycles. The quantitative estimate of drug-likeness (QED) is 0.840. The Labute approximate surface area is 139 Å². The van der Waals surface area contributed by atoms with Crippen molar-refractivity contribution in [3.05, 3.63) is 24.3 Å². The van der Waals surface area contributed by atoms with Gasteiger partial charge in [0, 0.05) is 37.8 Å². The highest BCUT2D eigenvalue weighted by Gasteiger charge is 2.29. The Kier molecular flexibility index (Phi) is 5.09. The first-order valence-electron chi connectivity index (χ1n) is 8.81. The SMILES string of the molecule is COc1cccc(N2CC[C@@H](CNC(=O)C[C@H](C)C3CC3)C2)c1. The molecule has 1 heterocycles. The Morgan fingerprint density at radius 2 is 2.22 bits per heavy atom. The summed E-state index contributed by atoms with van der Waals surface area (Å²) in [5, 5.41) is 3.14. The topological polar surface area (TPSA) is 41.6 Å². The Hall–Kier alpha value is -1.71. The lowest BCUT2D eigenvalue weighted by Gasteiger charge is -2.19. The molecule has 1 saturated carbocycles. The molecular weight excluding hydrogens is 288 g/mol. The van der Waals surface area contributed by atoms with E-state index < -0.39 is 0 Å². The summed E-state index contributed by atoms with van der Waals surface area (Å²) in [6.45, 7) is 5.06. The number of methoxy groups -OCH3 is 1. The highest BCUT2D eigenvalue weighted by atomic mass is 16.5. The van der Waals surface area contributed by atoms with Crippen LogP contribution in [-0.4, -0.2) is 32.7 Å². The number of nitrogens with zero attached hydrogens (tertiary/aromatic N) is 1. The number of nitrogens with one attached hydrogen (secondary N) is 1. The number of rotatable bonds is 7. The molecule has 4 nitrogen and oxygen atoms in total. The van der Waals surface area contributed by atoms with Crippen molar-refractivity contribution < 1.29 is 9.53 Å². The van der Waals surface area contributed by atoms with Gasteiger partial charge < -0.3 is 15.0 Å². The van der Waals surface area contributed by atoms with Crippen LogP contribution in [0.5, 0.6) is 5.75 Å². The number of anilines is 1. The van der Waals surface area contributed by atoms with E-state index in [4.69, 9.17) is 4.74 Å². The Balaban J connectivity index is 1.43. The number of ether oxygens (including phenoxy) is 1. The molecule has 1 amide bonds. The van der Waals surface area contributed by atoms with Crippen molar-refractivity contribution in [1.29, 1.82) is 0 Å². The van der Waals surface area contributed by atoms with Gasteiger partial charge in [-0.3, -0.25) is 4.79 Å². The van der Waals surface area contributed by atoms with Crippen molar-refractivity contribution in [3.8, 4) is 5.75 Å². The van der Waals surface area contributed by atoms with Crippen LogP contribution in [0.1, 0.15) is 32.6 Å². The van der Waals surface area contributed by atoms with Crippen LogP contribution >= 0.6 is 0 Å². The van der Waals surface area contributed by atoms with Crippen molar-refractivity contribution >= 4 is 11.6 Å². The average molecular weight is 316 g/mol. The van der Waals surface area contributed by atoms with E-state index in [2.05, 4.69) is 29.3 Å².